The van der Waals surface area contributed by atoms with Crippen molar-refractivity contribution in [3.8, 4) is 0 Å². The van der Waals surface area contributed by atoms with E-state index in [9.17, 15) is 13.2 Å². The molecule has 0 spiro atoms. The molecule has 0 fully saturated rings. The molecule has 0 bridgehead atoms. The Labute approximate surface area is 46.7 Å². The molecule has 0 aromatic rings. The van der Waals surface area contributed by atoms with Crippen LogP contribution in [0.15, 0.2) is 0 Å². The third-order valence-electron chi connectivity index (χ3n) is 0.811. The summed E-state index contributed by atoms with van der Waals surface area (Å²) in [6, 6.07) is 0. The minimum absolute atomic E-state index is 0.191. The average Bonchev–Trinajstić information content (AvgIpc) is 1.62. The van der Waals surface area contributed by atoms with Crippen LogP contribution in [0.3, 0.4) is 0 Å². The molecular formula is C5H7F3. The van der Waals surface area contributed by atoms with Gasteiger partial charge in [-0.2, -0.15) is 13.2 Å². The standard InChI is InChI=1S/C5H7F3/c1-3-4(2)5(6,7)8/h4H,1-3H2. The minimum Gasteiger partial charge on any atom is -0.171 e. The molecule has 0 aromatic heterocycles. The summed E-state index contributed by atoms with van der Waals surface area (Å²) in [5.74, 6) is -1.51. The van der Waals surface area contributed by atoms with Crippen LogP contribution in [-0.4, -0.2) is 6.18 Å². The van der Waals surface area contributed by atoms with E-state index in [1.54, 1.807) is 0 Å². The highest BCUT2D eigenvalue weighted by Gasteiger charge is 2.34. The Morgan fingerprint density at radius 2 is 1.75 bits per heavy atom. The third-order valence-corrected chi connectivity index (χ3v) is 0.811. The molecule has 0 saturated carbocycles. The minimum atomic E-state index is -4.16. The SMILES string of the molecule is [CH2]CC([CH2])C(F)(F)F. The van der Waals surface area contributed by atoms with Crippen molar-refractivity contribution >= 4 is 0 Å². The number of halogens is 3. The number of alkyl halides is 3. The lowest BCUT2D eigenvalue weighted by molar-refractivity contribution is -0.161. The van der Waals surface area contributed by atoms with Crippen LogP contribution in [0, 0.1) is 19.8 Å². The zero-order valence-corrected chi connectivity index (χ0v) is 4.33. The van der Waals surface area contributed by atoms with E-state index in [0.717, 1.165) is 0 Å². The van der Waals surface area contributed by atoms with Gasteiger partial charge in [-0.25, -0.2) is 0 Å². The van der Waals surface area contributed by atoms with Crippen LogP contribution in [0.1, 0.15) is 6.42 Å². The Balaban J connectivity index is 3.62. The molecule has 0 N–H and O–H groups in total. The van der Waals surface area contributed by atoms with Crippen LogP contribution in [0.25, 0.3) is 0 Å². The van der Waals surface area contributed by atoms with Crippen molar-refractivity contribution in [3.63, 3.8) is 0 Å². The van der Waals surface area contributed by atoms with E-state index in [1.165, 1.54) is 0 Å². The van der Waals surface area contributed by atoms with Crippen LogP contribution in [-0.2, 0) is 0 Å². The summed E-state index contributed by atoms with van der Waals surface area (Å²) in [5, 5.41) is 0. The van der Waals surface area contributed by atoms with Gasteiger partial charge in [0.1, 0.15) is 0 Å². The van der Waals surface area contributed by atoms with Crippen molar-refractivity contribution in [3.05, 3.63) is 13.8 Å². The van der Waals surface area contributed by atoms with Crippen LogP contribution in [0.2, 0.25) is 0 Å². The Morgan fingerprint density at radius 1 is 1.38 bits per heavy atom. The molecule has 3 heteroatoms. The van der Waals surface area contributed by atoms with Crippen molar-refractivity contribution in [2.24, 2.45) is 5.92 Å². The van der Waals surface area contributed by atoms with Crippen LogP contribution in [0.5, 0.6) is 0 Å². The van der Waals surface area contributed by atoms with E-state index in [-0.39, 0.29) is 6.42 Å². The molecule has 0 amide bonds. The topological polar surface area (TPSA) is 0 Å². The summed E-state index contributed by atoms with van der Waals surface area (Å²) in [4.78, 5) is 0. The first-order valence-corrected chi connectivity index (χ1v) is 2.17. The van der Waals surface area contributed by atoms with Gasteiger partial charge < -0.3 is 0 Å². The van der Waals surface area contributed by atoms with Crippen LogP contribution >= 0.6 is 0 Å². The number of hydrogen-bond acceptors (Lipinski definition) is 0. The molecule has 0 nitrogen and oxygen atoms in total. The van der Waals surface area contributed by atoms with Gasteiger partial charge in [-0.3, -0.25) is 0 Å². The van der Waals surface area contributed by atoms with Gasteiger partial charge in [0.25, 0.3) is 0 Å². The molecule has 0 saturated heterocycles. The summed E-state index contributed by atoms with van der Waals surface area (Å²) in [7, 11) is 0. The van der Waals surface area contributed by atoms with E-state index in [1.807, 2.05) is 0 Å². The summed E-state index contributed by atoms with van der Waals surface area (Å²) in [5.41, 5.74) is 0. The highest BCUT2D eigenvalue weighted by Crippen LogP contribution is 2.26. The Morgan fingerprint density at radius 3 is 1.75 bits per heavy atom. The largest absolute Gasteiger partial charge is 0.391 e. The fourth-order valence-corrected chi connectivity index (χ4v) is 0.164. The smallest absolute Gasteiger partial charge is 0.171 e. The summed E-state index contributed by atoms with van der Waals surface area (Å²) in [6.07, 6.45) is -4.36. The number of rotatable bonds is 1. The maximum absolute atomic E-state index is 11.3. The van der Waals surface area contributed by atoms with Crippen molar-refractivity contribution in [1.29, 1.82) is 0 Å². The van der Waals surface area contributed by atoms with Gasteiger partial charge >= 0.3 is 6.18 Å². The highest BCUT2D eigenvalue weighted by molar-refractivity contribution is 4.69. The van der Waals surface area contributed by atoms with Crippen molar-refractivity contribution in [2.45, 2.75) is 12.6 Å². The zero-order chi connectivity index (χ0) is 6.78. The first-order valence-electron chi connectivity index (χ1n) is 2.17. The van der Waals surface area contributed by atoms with Crippen molar-refractivity contribution < 1.29 is 13.2 Å². The predicted octanol–water partition coefficient (Wildman–Crippen LogP) is 2.22. The molecule has 1 atom stereocenters. The molecule has 8 heavy (non-hydrogen) atoms. The van der Waals surface area contributed by atoms with E-state index in [0.29, 0.717) is 0 Å². The fraction of sp³-hybridized carbons (Fsp3) is 0.600. The highest BCUT2D eigenvalue weighted by atomic mass is 19.4. The second-order valence-electron chi connectivity index (χ2n) is 1.53. The Bertz CT molecular complexity index is 64.6. The van der Waals surface area contributed by atoms with Gasteiger partial charge in [-0.15, -0.1) is 0 Å². The van der Waals surface area contributed by atoms with Crippen molar-refractivity contribution in [2.75, 3.05) is 0 Å². The Kier molecular flexibility index (Phi) is 2.31. The van der Waals surface area contributed by atoms with E-state index < -0.39 is 12.1 Å². The maximum atomic E-state index is 11.3. The molecular weight excluding hydrogens is 117 g/mol. The summed E-state index contributed by atoms with van der Waals surface area (Å²) >= 11 is 0. The summed E-state index contributed by atoms with van der Waals surface area (Å²) < 4.78 is 34.0. The average molecular weight is 124 g/mol. The van der Waals surface area contributed by atoms with Gasteiger partial charge in [0.05, 0.1) is 5.92 Å². The normalized spacial score (nSPS) is 16.1. The van der Waals surface area contributed by atoms with Crippen molar-refractivity contribution in [1.82, 2.24) is 0 Å². The fourth-order valence-electron chi connectivity index (χ4n) is 0.164. The molecule has 0 aromatic carbocycles. The molecule has 0 heterocycles. The van der Waals surface area contributed by atoms with Gasteiger partial charge in [-0.05, 0) is 13.3 Å². The molecule has 1 unspecified atom stereocenters. The third kappa shape index (κ3) is 2.19. The zero-order valence-electron chi connectivity index (χ0n) is 4.33. The Hall–Kier alpha value is -0.210. The van der Waals surface area contributed by atoms with Gasteiger partial charge in [0.2, 0.25) is 0 Å². The molecule has 48 valence electrons. The quantitative estimate of drug-likeness (QED) is 0.502. The van der Waals surface area contributed by atoms with Gasteiger partial charge in [0, 0.05) is 0 Å². The lowest BCUT2D eigenvalue weighted by atomic mass is 10.1. The molecule has 0 aliphatic rings. The van der Waals surface area contributed by atoms with Crippen LogP contribution in [0.4, 0.5) is 13.2 Å². The second kappa shape index (κ2) is 2.37. The number of hydrogen-bond donors (Lipinski definition) is 0. The van der Waals surface area contributed by atoms with E-state index >= 15 is 0 Å². The monoisotopic (exact) mass is 124 g/mol. The van der Waals surface area contributed by atoms with Crippen LogP contribution < -0.4 is 0 Å². The molecule has 0 aliphatic heterocycles. The van der Waals surface area contributed by atoms with Gasteiger partial charge in [0.15, 0.2) is 0 Å². The predicted molar refractivity (Wildman–Crippen MR) is 24.9 cm³/mol. The molecule has 2 radical (unpaired) electrons. The maximum Gasteiger partial charge on any atom is 0.391 e. The van der Waals surface area contributed by atoms with E-state index in [4.69, 9.17) is 0 Å². The van der Waals surface area contributed by atoms with E-state index in [2.05, 4.69) is 13.8 Å². The van der Waals surface area contributed by atoms with Gasteiger partial charge in [-0.1, -0.05) is 6.92 Å². The first-order chi connectivity index (χ1) is 3.48. The summed E-state index contributed by atoms with van der Waals surface area (Å²) in [6.45, 7) is 5.91. The lowest BCUT2D eigenvalue weighted by Crippen LogP contribution is -2.18. The molecule has 0 rings (SSSR count). The molecule has 0 aliphatic carbocycles. The second-order valence-corrected chi connectivity index (χ2v) is 1.53. The first kappa shape index (κ1) is 7.79. The lowest BCUT2D eigenvalue weighted by Gasteiger charge is -2.11.